The van der Waals surface area contributed by atoms with Gasteiger partial charge in [0.25, 0.3) is 0 Å². The van der Waals surface area contributed by atoms with Crippen molar-refractivity contribution < 1.29 is 14.3 Å². The minimum atomic E-state index is -0.315. The molecule has 0 aliphatic heterocycles. The SMILES string of the molecule is CC(C)COC(=O)c1cc(Br)cc(OCC(C)C)c1. The fourth-order valence-corrected chi connectivity index (χ4v) is 1.82. The number of esters is 1. The van der Waals surface area contributed by atoms with E-state index in [4.69, 9.17) is 9.47 Å². The predicted octanol–water partition coefficient (Wildman–Crippen LogP) is 4.30. The molecule has 106 valence electrons. The molecule has 0 saturated heterocycles. The number of halogens is 1. The average molecular weight is 329 g/mol. The van der Waals surface area contributed by atoms with Crippen LogP contribution in [0.15, 0.2) is 22.7 Å². The minimum absolute atomic E-state index is 0.315. The first kappa shape index (κ1) is 16.0. The third kappa shape index (κ3) is 6.10. The van der Waals surface area contributed by atoms with Crippen LogP contribution in [0.1, 0.15) is 38.1 Å². The molecular weight excluding hydrogens is 308 g/mol. The molecule has 0 fully saturated rings. The van der Waals surface area contributed by atoms with Crippen molar-refractivity contribution in [3.05, 3.63) is 28.2 Å². The van der Waals surface area contributed by atoms with Crippen LogP contribution < -0.4 is 4.74 Å². The lowest BCUT2D eigenvalue weighted by Gasteiger charge is -2.11. The predicted molar refractivity (Wildman–Crippen MR) is 79.6 cm³/mol. The molecule has 1 aromatic rings. The average Bonchev–Trinajstić information content (AvgIpc) is 2.32. The summed E-state index contributed by atoms with van der Waals surface area (Å²) < 4.78 is 11.6. The highest BCUT2D eigenvalue weighted by atomic mass is 79.9. The van der Waals surface area contributed by atoms with Gasteiger partial charge >= 0.3 is 5.97 Å². The first-order chi connectivity index (χ1) is 8.88. The van der Waals surface area contributed by atoms with E-state index in [1.807, 2.05) is 19.9 Å². The van der Waals surface area contributed by atoms with Gasteiger partial charge in [0.05, 0.1) is 18.8 Å². The molecule has 3 nitrogen and oxygen atoms in total. The molecule has 0 spiro atoms. The van der Waals surface area contributed by atoms with Crippen molar-refractivity contribution in [1.29, 1.82) is 0 Å². The Balaban J connectivity index is 2.75. The van der Waals surface area contributed by atoms with Crippen LogP contribution in [0, 0.1) is 11.8 Å². The number of benzene rings is 1. The summed E-state index contributed by atoms with van der Waals surface area (Å²) in [7, 11) is 0. The molecule has 0 aliphatic carbocycles. The highest BCUT2D eigenvalue weighted by Crippen LogP contribution is 2.22. The summed E-state index contributed by atoms with van der Waals surface area (Å²) in [6.07, 6.45) is 0. The summed E-state index contributed by atoms with van der Waals surface area (Å²) in [6.45, 7) is 9.22. The van der Waals surface area contributed by atoms with Crippen molar-refractivity contribution in [3.63, 3.8) is 0 Å². The van der Waals surface area contributed by atoms with Gasteiger partial charge in [0, 0.05) is 4.47 Å². The molecule has 1 rings (SSSR count). The molecule has 0 bridgehead atoms. The lowest BCUT2D eigenvalue weighted by molar-refractivity contribution is 0.0458. The molecule has 0 aromatic heterocycles. The molecule has 0 saturated carbocycles. The van der Waals surface area contributed by atoms with Gasteiger partial charge in [0.15, 0.2) is 0 Å². The molecule has 19 heavy (non-hydrogen) atoms. The van der Waals surface area contributed by atoms with Crippen molar-refractivity contribution in [3.8, 4) is 5.75 Å². The van der Waals surface area contributed by atoms with Crippen LogP contribution in [0.4, 0.5) is 0 Å². The smallest absolute Gasteiger partial charge is 0.338 e. The zero-order valence-corrected chi connectivity index (χ0v) is 13.5. The Hall–Kier alpha value is -1.03. The van der Waals surface area contributed by atoms with E-state index in [2.05, 4.69) is 29.8 Å². The molecule has 0 amide bonds. The maximum absolute atomic E-state index is 11.9. The molecule has 0 radical (unpaired) electrons. The lowest BCUT2D eigenvalue weighted by atomic mass is 10.2. The fraction of sp³-hybridized carbons (Fsp3) is 0.533. The molecule has 0 aliphatic rings. The molecule has 4 heteroatoms. The largest absolute Gasteiger partial charge is 0.493 e. The van der Waals surface area contributed by atoms with E-state index < -0.39 is 0 Å². The van der Waals surface area contributed by atoms with Gasteiger partial charge in [-0.15, -0.1) is 0 Å². The van der Waals surface area contributed by atoms with Gasteiger partial charge in [-0.2, -0.15) is 0 Å². The summed E-state index contributed by atoms with van der Waals surface area (Å²) in [5.41, 5.74) is 0.508. The van der Waals surface area contributed by atoms with E-state index in [0.717, 1.165) is 4.47 Å². The highest BCUT2D eigenvalue weighted by Gasteiger charge is 2.11. The first-order valence-corrected chi connectivity index (χ1v) is 7.28. The van der Waals surface area contributed by atoms with Gasteiger partial charge in [-0.25, -0.2) is 4.79 Å². The number of hydrogen-bond donors (Lipinski definition) is 0. The van der Waals surface area contributed by atoms with E-state index in [0.29, 0.717) is 36.4 Å². The Morgan fingerprint density at radius 2 is 1.74 bits per heavy atom. The summed E-state index contributed by atoms with van der Waals surface area (Å²) in [5, 5.41) is 0. The quantitative estimate of drug-likeness (QED) is 0.730. The van der Waals surface area contributed by atoms with Crippen molar-refractivity contribution >= 4 is 21.9 Å². The van der Waals surface area contributed by atoms with Crippen LogP contribution in [0.25, 0.3) is 0 Å². The zero-order valence-electron chi connectivity index (χ0n) is 11.9. The third-order valence-corrected chi connectivity index (χ3v) is 2.70. The molecule has 0 unspecified atom stereocenters. The van der Waals surface area contributed by atoms with Gasteiger partial charge in [0.1, 0.15) is 5.75 Å². The van der Waals surface area contributed by atoms with Crippen LogP contribution in [-0.2, 0) is 4.74 Å². The lowest BCUT2D eigenvalue weighted by Crippen LogP contribution is -2.11. The second kappa shape index (κ2) is 7.53. The topological polar surface area (TPSA) is 35.5 Å². The minimum Gasteiger partial charge on any atom is -0.493 e. The van der Waals surface area contributed by atoms with E-state index in [-0.39, 0.29) is 5.97 Å². The zero-order chi connectivity index (χ0) is 14.4. The number of carbonyl (C=O) groups is 1. The maximum Gasteiger partial charge on any atom is 0.338 e. The fourth-order valence-electron chi connectivity index (χ4n) is 1.35. The monoisotopic (exact) mass is 328 g/mol. The Kier molecular flexibility index (Phi) is 6.35. The van der Waals surface area contributed by atoms with Gasteiger partial charge in [-0.3, -0.25) is 0 Å². The van der Waals surface area contributed by atoms with Crippen molar-refractivity contribution in [2.45, 2.75) is 27.7 Å². The normalized spacial score (nSPS) is 10.9. The van der Waals surface area contributed by atoms with Gasteiger partial charge in [0.2, 0.25) is 0 Å². The molecule has 0 N–H and O–H groups in total. The third-order valence-electron chi connectivity index (χ3n) is 2.24. The Bertz CT molecular complexity index is 427. The molecule has 0 heterocycles. The summed E-state index contributed by atoms with van der Waals surface area (Å²) in [5.74, 6) is 1.13. The molecule has 0 atom stereocenters. The second-order valence-electron chi connectivity index (χ2n) is 5.37. The number of hydrogen-bond acceptors (Lipinski definition) is 3. The van der Waals surface area contributed by atoms with Crippen molar-refractivity contribution in [2.75, 3.05) is 13.2 Å². The second-order valence-corrected chi connectivity index (χ2v) is 6.29. The van der Waals surface area contributed by atoms with E-state index in [1.165, 1.54) is 0 Å². The summed E-state index contributed by atoms with van der Waals surface area (Å²) in [6, 6.07) is 5.31. The van der Waals surface area contributed by atoms with Gasteiger partial charge in [-0.05, 0) is 30.0 Å². The maximum atomic E-state index is 11.9. The van der Waals surface area contributed by atoms with Crippen LogP contribution >= 0.6 is 15.9 Å². The van der Waals surface area contributed by atoms with Crippen LogP contribution in [0.5, 0.6) is 5.75 Å². The Morgan fingerprint density at radius 3 is 2.32 bits per heavy atom. The van der Waals surface area contributed by atoms with E-state index >= 15 is 0 Å². The number of carbonyl (C=O) groups excluding carboxylic acids is 1. The molecular formula is C15H21BrO3. The number of rotatable bonds is 6. The Morgan fingerprint density at radius 1 is 1.11 bits per heavy atom. The summed E-state index contributed by atoms with van der Waals surface area (Å²) in [4.78, 5) is 11.9. The van der Waals surface area contributed by atoms with Crippen LogP contribution in [0.2, 0.25) is 0 Å². The summed E-state index contributed by atoms with van der Waals surface area (Å²) >= 11 is 3.38. The van der Waals surface area contributed by atoms with E-state index in [9.17, 15) is 4.79 Å². The van der Waals surface area contributed by atoms with Crippen LogP contribution in [-0.4, -0.2) is 19.2 Å². The standard InChI is InChI=1S/C15H21BrO3/c1-10(2)8-18-14-6-12(5-13(16)7-14)15(17)19-9-11(3)4/h5-7,10-11H,8-9H2,1-4H3. The Labute approximate surface area is 123 Å². The molecule has 1 aromatic carbocycles. The van der Waals surface area contributed by atoms with Crippen molar-refractivity contribution in [1.82, 2.24) is 0 Å². The highest BCUT2D eigenvalue weighted by molar-refractivity contribution is 9.10. The van der Waals surface area contributed by atoms with E-state index in [1.54, 1.807) is 12.1 Å². The van der Waals surface area contributed by atoms with Crippen molar-refractivity contribution in [2.24, 2.45) is 11.8 Å². The van der Waals surface area contributed by atoms with Crippen LogP contribution in [0.3, 0.4) is 0 Å². The first-order valence-electron chi connectivity index (χ1n) is 6.49. The van der Waals surface area contributed by atoms with Gasteiger partial charge < -0.3 is 9.47 Å². The van der Waals surface area contributed by atoms with Gasteiger partial charge in [-0.1, -0.05) is 43.6 Å². The number of ether oxygens (including phenoxy) is 2.